The van der Waals surface area contributed by atoms with E-state index in [2.05, 4.69) is 0 Å². The molecule has 2 rings (SSSR count). The van der Waals surface area contributed by atoms with E-state index in [0.717, 1.165) is 0 Å². The van der Waals surface area contributed by atoms with Gasteiger partial charge in [-0.25, -0.2) is 0 Å². The van der Waals surface area contributed by atoms with Crippen molar-refractivity contribution in [2.75, 3.05) is 0 Å². The number of hydrogen-bond donors (Lipinski definition) is 0. The second kappa shape index (κ2) is 3.49. The van der Waals surface area contributed by atoms with Gasteiger partial charge in [0.15, 0.2) is 5.78 Å². The Morgan fingerprint density at radius 3 is 1.76 bits per heavy atom. The van der Waals surface area contributed by atoms with Gasteiger partial charge in [0.2, 0.25) is 0 Å². The molecule has 96 valence electrons. The average Bonchev–Trinajstić information content (AvgIpc) is 2.64. The van der Waals surface area contributed by atoms with Gasteiger partial charge < -0.3 is 0 Å². The summed E-state index contributed by atoms with van der Waals surface area (Å²) < 4.78 is 74.6. The van der Waals surface area contributed by atoms with Crippen molar-refractivity contribution in [3.63, 3.8) is 0 Å². The van der Waals surface area contributed by atoms with Crippen LogP contribution in [-0.2, 0) is 4.79 Å². The van der Waals surface area contributed by atoms with Gasteiger partial charge in [-0.05, 0) is 25.2 Å². The van der Waals surface area contributed by atoms with Gasteiger partial charge in [-0.15, -0.1) is 0 Å². The zero-order chi connectivity index (χ0) is 13.0. The largest absolute Gasteiger partial charge is 0.421 e. The van der Waals surface area contributed by atoms with Crippen molar-refractivity contribution in [3.8, 4) is 0 Å². The molecule has 17 heavy (non-hydrogen) atoms. The number of fused-ring (bicyclic) bond motifs is 2. The first-order chi connectivity index (χ1) is 7.62. The third-order valence-corrected chi connectivity index (χ3v) is 3.31. The van der Waals surface area contributed by atoms with E-state index in [4.69, 9.17) is 0 Å². The second-order valence-electron chi connectivity index (χ2n) is 4.36. The normalized spacial score (nSPS) is 29.1. The molecule has 0 spiro atoms. The molecule has 2 atom stereocenters. The molecule has 2 fully saturated rings. The van der Waals surface area contributed by atoms with Gasteiger partial charge in [0.25, 0.3) is 0 Å². The second-order valence-corrected chi connectivity index (χ2v) is 4.36. The molecule has 0 radical (unpaired) electrons. The highest BCUT2D eigenvalue weighted by Gasteiger charge is 2.58. The summed E-state index contributed by atoms with van der Waals surface area (Å²) in [5.74, 6) is -2.48. The Hall–Kier alpha value is -1.01. The summed E-state index contributed by atoms with van der Waals surface area (Å²) in [5.41, 5.74) is -3.64. The highest BCUT2D eigenvalue weighted by atomic mass is 19.4. The van der Waals surface area contributed by atoms with Crippen LogP contribution in [0.2, 0.25) is 0 Å². The van der Waals surface area contributed by atoms with Crippen LogP contribution in [-0.4, -0.2) is 18.1 Å². The molecule has 0 aromatic heterocycles. The Morgan fingerprint density at radius 1 is 0.941 bits per heavy atom. The van der Waals surface area contributed by atoms with Gasteiger partial charge >= 0.3 is 12.4 Å². The topological polar surface area (TPSA) is 17.1 Å². The smallest absolute Gasteiger partial charge is 0.294 e. The van der Waals surface area contributed by atoms with Crippen LogP contribution < -0.4 is 0 Å². The van der Waals surface area contributed by atoms with Crippen molar-refractivity contribution >= 4 is 5.78 Å². The number of allylic oxidation sites excluding steroid dienone is 2. The van der Waals surface area contributed by atoms with Crippen LogP contribution in [0.3, 0.4) is 0 Å². The molecule has 2 bridgehead atoms. The zero-order valence-corrected chi connectivity index (χ0v) is 8.45. The lowest BCUT2D eigenvalue weighted by Crippen LogP contribution is -2.31. The highest BCUT2D eigenvalue weighted by molar-refractivity contribution is 6.01. The lowest BCUT2D eigenvalue weighted by molar-refractivity contribution is -0.174. The molecule has 0 N–H and O–H groups in total. The van der Waals surface area contributed by atoms with E-state index < -0.39 is 41.1 Å². The molecule has 0 amide bonds. The summed E-state index contributed by atoms with van der Waals surface area (Å²) in [7, 11) is 0. The van der Waals surface area contributed by atoms with Gasteiger partial charge in [0.05, 0.1) is 0 Å². The predicted molar refractivity (Wildman–Crippen MR) is 45.0 cm³/mol. The minimum Gasteiger partial charge on any atom is -0.294 e. The fourth-order valence-electron chi connectivity index (χ4n) is 2.70. The van der Waals surface area contributed by atoms with Crippen molar-refractivity contribution in [1.82, 2.24) is 0 Å². The third kappa shape index (κ3) is 1.95. The predicted octanol–water partition coefficient (Wildman–Crippen LogP) is 3.41. The Morgan fingerprint density at radius 2 is 1.41 bits per heavy atom. The van der Waals surface area contributed by atoms with E-state index in [9.17, 15) is 31.1 Å². The molecular formula is C10H8F6O. The van der Waals surface area contributed by atoms with E-state index in [1.54, 1.807) is 0 Å². The number of Topliss-reactive ketones (excluding diaryl/α,β-unsaturated/α-hetero) is 1. The van der Waals surface area contributed by atoms with Crippen LogP contribution in [0.1, 0.15) is 19.3 Å². The maximum Gasteiger partial charge on any atom is 0.421 e. The monoisotopic (exact) mass is 258 g/mol. The molecule has 2 aliphatic rings. The fourth-order valence-corrected chi connectivity index (χ4v) is 2.70. The minimum absolute atomic E-state index is 0.129. The van der Waals surface area contributed by atoms with Crippen LogP contribution in [0.15, 0.2) is 11.1 Å². The maximum atomic E-state index is 12.4. The Kier molecular flexibility index (Phi) is 2.56. The van der Waals surface area contributed by atoms with Crippen molar-refractivity contribution in [2.45, 2.75) is 31.6 Å². The molecule has 0 heterocycles. The summed E-state index contributed by atoms with van der Waals surface area (Å²) in [4.78, 5) is 11.4. The summed E-state index contributed by atoms with van der Waals surface area (Å²) in [5, 5.41) is 0. The van der Waals surface area contributed by atoms with Gasteiger partial charge in [-0.2, -0.15) is 26.3 Å². The average molecular weight is 258 g/mol. The quantitative estimate of drug-likeness (QED) is 0.480. The van der Waals surface area contributed by atoms with Crippen LogP contribution in [0.5, 0.6) is 0 Å². The van der Waals surface area contributed by atoms with Gasteiger partial charge in [0, 0.05) is 11.5 Å². The molecule has 0 aliphatic heterocycles. The molecular weight excluding hydrogens is 250 g/mol. The van der Waals surface area contributed by atoms with Crippen molar-refractivity contribution in [2.24, 2.45) is 11.8 Å². The van der Waals surface area contributed by atoms with Gasteiger partial charge in [0.1, 0.15) is 5.57 Å². The molecule has 0 aromatic carbocycles. The number of carbonyl (C=O) groups is 1. The Labute approximate surface area is 92.5 Å². The number of rotatable bonds is 0. The summed E-state index contributed by atoms with van der Waals surface area (Å²) in [6.07, 6.45) is -10.3. The van der Waals surface area contributed by atoms with E-state index in [1.807, 2.05) is 0 Å². The third-order valence-electron chi connectivity index (χ3n) is 3.31. The lowest BCUT2D eigenvalue weighted by atomic mass is 9.89. The standard InChI is InChI=1S/C10H8F6O/c11-9(12,13)8(10(14,15)16)6-4-1-2-5(3-4)7(6)17/h4-5H,1-3H2. The van der Waals surface area contributed by atoms with Crippen molar-refractivity contribution < 1.29 is 31.1 Å². The Bertz CT molecular complexity index is 373. The number of halogens is 6. The van der Waals surface area contributed by atoms with Crippen molar-refractivity contribution in [1.29, 1.82) is 0 Å². The summed E-state index contributed by atoms with van der Waals surface area (Å²) >= 11 is 0. The highest BCUT2D eigenvalue weighted by Crippen LogP contribution is 2.52. The molecule has 0 aromatic rings. The molecule has 1 nitrogen and oxygen atoms in total. The van der Waals surface area contributed by atoms with E-state index in [1.165, 1.54) is 0 Å². The molecule has 7 heteroatoms. The first-order valence-corrected chi connectivity index (χ1v) is 5.05. The summed E-state index contributed by atoms with van der Waals surface area (Å²) in [6, 6.07) is 0. The molecule has 2 saturated carbocycles. The SMILES string of the molecule is O=C1C(=C(C(F)(F)F)C(F)(F)F)C2CCC1C2. The van der Waals surface area contributed by atoms with Crippen LogP contribution >= 0.6 is 0 Å². The molecule has 2 unspecified atom stereocenters. The first-order valence-electron chi connectivity index (χ1n) is 5.05. The fraction of sp³-hybridized carbons (Fsp3) is 0.700. The number of ketones is 1. The molecule has 2 aliphatic carbocycles. The van der Waals surface area contributed by atoms with Crippen LogP contribution in [0, 0.1) is 11.8 Å². The van der Waals surface area contributed by atoms with E-state index >= 15 is 0 Å². The van der Waals surface area contributed by atoms with Crippen LogP contribution in [0.4, 0.5) is 26.3 Å². The van der Waals surface area contributed by atoms with Gasteiger partial charge in [-0.1, -0.05) is 0 Å². The Balaban J connectivity index is 2.56. The molecule has 0 saturated heterocycles. The number of carbonyl (C=O) groups excluding carboxylic acids is 1. The summed E-state index contributed by atoms with van der Waals surface area (Å²) in [6.45, 7) is 0. The van der Waals surface area contributed by atoms with Gasteiger partial charge in [-0.3, -0.25) is 4.79 Å². The number of hydrogen-bond acceptors (Lipinski definition) is 1. The first kappa shape index (κ1) is 12.4. The number of alkyl halides is 6. The maximum absolute atomic E-state index is 12.4. The van der Waals surface area contributed by atoms with E-state index in [-0.39, 0.29) is 12.8 Å². The van der Waals surface area contributed by atoms with Crippen molar-refractivity contribution in [3.05, 3.63) is 11.1 Å². The van der Waals surface area contributed by atoms with E-state index in [0.29, 0.717) is 6.42 Å². The zero-order valence-electron chi connectivity index (χ0n) is 8.45. The lowest BCUT2D eigenvalue weighted by Gasteiger charge is -2.21. The van der Waals surface area contributed by atoms with Crippen LogP contribution in [0.25, 0.3) is 0 Å². The minimum atomic E-state index is -5.52.